The Morgan fingerprint density at radius 3 is 3.00 bits per heavy atom. The van der Waals surface area contributed by atoms with Gasteiger partial charge in [0.15, 0.2) is 0 Å². The molecule has 0 saturated heterocycles. The predicted octanol–water partition coefficient (Wildman–Crippen LogP) is 2.11. The Hall–Kier alpha value is -0.450. The van der Waals surface area contributed by atoms with Crippen molar-refractivity contribution in [1.29, 1.82) is 0 Å². The van der Waals surface area contributed by atoms with Gasteiger partial charge in [0, 0.05) is 30.3 Å². The van der Waals surface area contributed by atoms with Crippen LogP contribution < -0.4 is 5.32 Å². The van der Waals surface area contributed by atoms with Crippen molar-refractivity contribution in [2.75, 3.05) is 6.61 Å². The second-order valence-electron chi connectivity index (χ2n) is 4.01. The molecule has 1 aromatic heterocycles. The van der Waals surface area contributed by atoms with Crippen LogP contribution in [0.5, 0.6) is 0 Å². The number of aromatic nitrogens is 1. The van der Waals surface area contributed by atoms with Crippen molar-refractivity contribution in [3.63, 3.8) is 0 Å². The van der Waals surface area contributed by atoms with Gasteiger partial charge in [-0.15, -0.1) is 11.3 Å². The predicted molar refractivity (Wildman–Crippen MR) is 62.1 cm³/mol. The lowest BCUT2D eigenvalue weighted by molar-refractivity contribution is -0.0102. The summed E-state index contributed by atoms with van der Waals surface area (Å²) in [6, 6.07) is 0.630. The lowest BCUT2D eigenvalue weighted by atomic mass is 9.89. The molecule has 1 N–H and O–H groups in total. The second kappa shape index (κ2) is 5.05. The maximum atomic E-state index is 5.51. The highest BCUT2D eigenvalue weighted by molar-refractivity contribution is 7.09. The fourth-order valence-electron chi connectivity index (χ4n) is 1.82. The van der Waals surface area contributed by atoms with Crippen LogP contribution in [0.3, 0.4) is 0 Å². The first-order valence-electron chi connectivity index (χ1n) is 5.54. The normalized spacial score (nSPS) is 25.2. The molecule has 2 rings (SSSR count). The summed E-state index contributed by atoms with van der Waals surface area (Å²) in [5.74, 6) is 0. The maximum absolute atomic E-state index is 5.51. The molecule has 84 valence electrons. The Bertz CT molecular complexity index is 307. The van der Waals surface area contributed by atoms with Crippen LogP contribution in [0.2, 0.25) is 0 Å². The van der Waals surface area contributed by atoms with Crippen LogP contribution in [0.25, 0.3) is 0 Å². The lowest BCUT2D eigenvalue weighted by Crippen LogP contribution is -2.45. The quantitative estimate of drug-likeness (QED) is 0.835. The molecule has 0 radical (unpaired) electrons. The van der Waals surface area contributed by atoms with Gasteiger partial charge in [-0.05, 0) is 26.7 Å². The van der Waals surface area contributed by atoms with Gasteiger partial charge >= 0.3 is 0 Å². The summed E-state index contributed by atoms with van der Waals surface area (Å²) < 4.78 is 5.51. The number of rotatable bonds is 5. The van der Waals surface area contributed by atoms with E-state index in [1.165, 1.54) is 5.01 Å². The van der Waals surface area contributed by atoms with Crippen molar-refractivity contribution in [3.05, 3.63) is 16.1 Å². The molecule has 0 aliphatic heterocycles. The monoisotopic (exact) mass is 226 g/mol. The molecule has 0 spiro atoms. The maximum Gasteiger partial charge on any atom is 0.107 e. The Balaban J connectivity index is 1.64. The molecule has 4 heteroatoms. The van der Waals surface area contributed by atoms with Crippen LogP contribution in [0.1, 0.15) is 30.5 Å². The molecule has 1 aromatic rings. The van der Waals surface area contributed by atoms with Gasteiger partial charge in [0.2, 0.25) is 0 Å². The molecule has 0 unspecified atom stereocenters. The zero-order chi connectivity index (χ0) is 10.7. The van der Waals surface area contributed by atoms with Gasteiger partial charge in [-0.25, -0.2) is 4.98 Å². The molecule has 0 amide bonds. The van der Waals surface area contributed by atoms with Gasteiger partial charge in [-0.1, -0.05) is 0 Å². The molecule has 1 aliphatic rings. The highest BCUT2D eigenvalue weighted by Gasteiger charge is 2.28. The standard InChI is InChI=1S/C11H18N2OS/c1-3-14-10-4-9(5-10)12-6-11-13-8(2)7-15-11/h7,9-10,12H,3-6H2,1-2H3. The van der Waals surface area contributed by atoms with E-state index in [0.29, 0.717) is 12.1 Å². The molecule has 1 aliphatic carbocycles. The van der Waals surface area contributed by atoms with E-state index in [4.69, 9.17) is 4.74 Å². The third-order valence-corrected chi connectivity index (χ3v) is 3.67. The largest absolute Gasteiger partial charge is 0.378 e. The molecule has 0 bridgehead atoms. The summed E-state index contributed by atoms with van der Waals surface area (Å²) in [4.78, 5) is 4.42. The van der Waals surface area contributed by atoms with E-state index >= 15 is 0 Å². The minimum absolute atomic E-state index is 0.491. The van der Waals surface area contributed by atoms with E-state index in [-0.39, 0.29) is 0 Å². The average Bonchev–Trinajstić information content (AvgIpc) is 2.55. The molecular formula is C11H18N2OS. The smallest absolute Gasteiger partial charge is 0.107 e. The van der Waals surface area contributed by atoms with Crippen LogP contribution >= 0.6 is 11.3 Å². The minimum atomic E-state index is 0.491. The molecule has 3 nitrogen and oxygen atoms in total. The van der Waals surface area contributed by atoms with Crippen molar-refractivity contribution in [1.82, 2.24) is 10.3 Å². The van der Waals surface area contributed by atoms with Crippen LogP contribution in [0.15, 0.2) is 5.38 Å². The molecular weight excluding hydrogens is 208 g/mol. The van der Waals surface area contributed by atoms with Crippen molar-refractivity contribution >= 4 is 11.3 Å². The molecule has 15 heavy (non-hydrogen) atoms. The van der Waals surface area contributed by atoms with Crippen LogP contribution in [0, 0.1) is 6.92 Å². The number of aryl methyl sites for hydroxylation is 1. The van der Waals surface area contributed by atoms with Crippen LogP contribution in [0.4, 0.5) is 0 Å². The van der Waals surface area contributed by atoms with Crippen molar-refractivity contribution < 1.29 is 4.74 Å². The van der Waals surface area contributed by atoms with E-state index in [9.17, 15) is 0 Å². The number of hydrogen-bond donors (Lipinski definition) is 1. The summed E-state index contributed by atoms with van der Waals surface area (Å²) in [7, 11) is 0. The second-order valence-corrected chi connectivity index (χ2v) is 4.95. The zero-order valence-corrected chi connectivity index (χ0v) is 10.1. The Morgan fingerprint density at radius 1 is 1.60 bits per heavy atom. The van der Waals surface area contributed by atoms with Crippen LogP contribution in [-0.2, 0) is 11.3 Å². The SMILES string of the molecule is CCOC1CC(NCc2nc(C)cs2)C1. The first-order valence-corrected chi connectivity index (χ1v) is 6.42. The van der Waals surface area contributed by atoms with Gasteiger partial charge in [0.1, 0.15) is 5.01 Å². The highest BCUT2D eigenvalue weighted by atomic mass is 32.1. The van der Waals surface area contributed by atoms with Crippen molar-refractivity contribution in [2.24, 2.45) is 0 Å². The van der Waals surface area contributed by atoms with E-state index in [0.717, 1.165) is 31.7 Å². The zero-order valence-electron chi connectivity index (χ0n) is 9.32. The Labute approximate surface area is 94.9 Å². The van der Waals surface area contributed by atoms with Gasteiger partial charge in [0.05, 0.1) is 6.10 Å². The van der Waals surface area contributed by atoms with E-state index in [1.807, 2.05) is 6.92 Å². The van der Waals surface area contributed by atoms with Crippen molar-refractivity contribution in [3.8, 4) is 0 Å². The van der Waals surface area contributed by atoms with Gasteiger partial charge in [-0.3, -0.25) is 0 Å². The summed E-state index contributed by atoms with van der Waals surface area (Å²) in [6.07, 6.45) is 2.79. The van der Waals surface area contributed by atoms with Crippen LogP contribution in [-0.4, -0.2) is 23.7 Å². The first-order chi connectivity index (χ1) is 7.28. The van der Waals surface area contributed by atoms with Crippen molar-refractivity contribution in [2.45, 2.75) is 45.4 Å². The highest BCUT2D eigenvalue weighted by Crippen LogP contribution is 2.23. The fraction of sp³-hybridized carbons (Fsp3) is 0.727. The van der Waals surface area contributed by atoms with Gasteiger partial charge < -0.3 is 10.1 Å². The van der Waals surface area contributed by atoms with Gasteiger partial charge in [-0.2, -0.15) is 0 Å². The van der Waals surface area contributed by atoms with E-state index in [2.05, 4.69) is 22.6 Å². The molecule has 0 aromatic carbocycles. The average molecular weight is 226 g/mol. The summed E-state index contributed by atoms with van der Waals surface area (Å²) >= 11 is 1.73. The minimum Gasteiger partial charge on any atom is -0.378 e. The Kier molecular flexibility index (Phi) is 3.72. The number of hydrogen-bond acceptors (Lipinski definition) is 4. The summed E-state index contributed by atoms with van der Waals surface area (Å²) in [6.45, 7) is 5.83. The first kappa shape index (κ1) is 11.0. The Morgan fingerprint density at radius 2 is 2.40 bits per heavy atom. The molecule has 1 fully saturated rings. The molecule has 1 saturated carbocycles. The molecule has 1 heterocycles. The number of nitrogens with one attached hydrogen (secondary N) is 1. The third-order valence-electron chi connectivity index (χ3n) is 2.71. The molecule has 0 atom stereocenters. The summed E-state index contributed by atoms with van der Waals surface area (Å²) in [5, 5.41) is 6.79. The number of nitrogens with zero attached hydrogens (tertiary/aromatic N) is 1. The third kappa shape index (κ3) is 3.00. The number of thiazole rings is 1. The van der Waals surface area contributed by atoms with E-state index < -0.39 is 0 Å². The van der Waals surface area contributed by atoms with Gasteiger partial charge in [0.25, 0.3) is 0 Å². The topological polar surface area (TPSA) is 34.1 Å². The fourth-order valence-corrected chi connectivity index (χ4v) is 2.54. The van der Waals surface area contributed by atoms with E-state index in [1.54, 1.807) is 11.3 Å². The lowest BCUT2D eigenvalue weighted by Gasteiger charge is -2.35. The number of ether oxygens (including phenoxy) is 1. The summed E-state index contributed by atoms with van der Waals surface area (Å²) in [5.41, 5.74) is 1.12.